The topological polar surface area (TPSA) is 104 Å². The monoisotopic (exact) mass is 378 g/mol. The third kappa shape index (κ3) is 3.42. The highest BCUT2D eigenvalue weighted by molar-refractivity contribution is 7.71. The summed E-state index contributed by atoms with van der Waals surface area (Å²) in [7, 11) is 0. The molecule has 2 aromatic heterocycles. The molecule has 0 aliphatic carbocycles. The lowest BCUT2D eigenvalue weighted by Crippen LogP contribution is -2.13. The average Bonchev–Trinajstić information content (AvgIpc) is 3.08. The van der Waals surface area contributed by atoms with Gasteiger partial charge in [0.15, 0.2) is 16.4 Å². The molecule has 134 valence electrons. The maximum Gasteiger partial charge on any atom is 0.259 e. The summed E-state index contributed by atoms with van der Waals surface area (Å²) in [6.07, 6.45) is 1.66. The molecule has 4 aromatic rings. The Balaban J connectivity index is 1.57. The van der Waals surface area contributed by atoms with Crippen molar-refractivity contribution >= 4 is 34.7 Å². The van der Waals surface area contributed by atoms with Crippen LogP contribution in [0.3, 0.4) is 0 Å². The van der Waals surface area contributed by atoms with Crippen LogP contribution in [0.25, 0.3) is 22.2 Å². The van der Waals surface area contributed by atoms with Crippen molar-refractivity contribution in [2.75, 3.05) is 5.32 Å². The fourth-order valence-electron chi connectivity index (χ4n) is 2.73. The first-order valence-corrected chi connectivity index (χ1v) is 8.51. The molecule has 0 radical (unpaired) electrons. The van der Waals surface area contributed by atoms with E-state index in [1.165, 1.54) is 0 Å². The highest BCUT2D eigenvalue weighted by atomic mass is 32.1. The third-order valence-electron chi connectivity index (χ3n) is 4.05. The van der Waals surface area contributed by atoms with E-state index in [1.807, 2.05) is 12.1 Å². The van der Waals surface area contributed by atoms with E-state index in [2.05, 4.69) is 20.3 Å². The van der Waals surface area contributed by atoms with Gasteiger partial charge in [-0.3, -0.25) is 14.6 Å². The van der Waals surface area contributed by atoms with Crippen molar-refractivity contribution in [1.29, 1.82) is 0 Å². The van der Waals surface area contributed by atoms with Crippen LogP contribution in [-0.4, -0.2) is 20.9 Å². The van der Waals surface area contributed by atoms with Crippen LogP contribution in [-0.2, 0) is 0 Å². The van der Waals surface area contributed by atoms with Crippen molar-refractivity contribution in [3.05, 3.63) is 75.2 Å². The fraction of sp³-hybridized carbons (Fsp3) is 0.0526. The molecule has 1 amide bonds. The summed E-state index contributed by atoms with van der Waals surface area (Å²) < 4.78 is 5.69. The number of benzene rings is 2. The van der Waals surface area contributed by atoms with E-state index in [9.17, 15) is 9.59 Å². The summed E-state index contributed by atoms with van der Waals surface area (Å²) in [5.74, 6) is 0.969. The summed E-state index contributed by atoms with van der Waals surface area (Å²) in [4.78, 5) is 33.9. The van der Waals surface area contributed by atoms with Crippen LogP contribution in [0.1, 0.15) is 16.2 Å². The summed E-state index contributed by atoms with van der Waals surface area (Å²) in [6, 6.07) is 12.0. The maximum absolute atomic E-state index is 12.5. The van der Waals surface area contributed by atoms with Crippen molar-refractivity contribution in [3.63, 3.8) is 0 Å². The van der Waals surface area contributed by atoms with Gasteiger partial charge in [0.25, 0.3) is 11.5 Å². The minimum Gasteiger partial charge on any atom is -0.441 e. The van der Waals surface area contributed by atoms with Gasteiger partial charge in [-0.1, -0.05) is 0 Å². The van der Waals surface area contributed by atoms with Crippen LogP contribution in [0, 0.1) is 11.7 Å². The van der Waals surface area contributed by atoms with Crippen LogP contribution < -0.4 is 10.9 Å². The van der Waals surface area contributed by atoms with Gasteiger partial charge in [0, 0.05) is 23.7 Å². The smallest absolute Gasteiger partial charge is 0.259 e. The second-order valence-electron chi connectivity index (χ2n) is 5.94. The van der Waals surface area contributed by atoms with E-state index in [4.69, 9.17) is 16.6 Å². The summed E-state index contributed by atoms with van der Waals surface area (Å²) >= 11 is 4.97. The zero-order chi connectivity index (χ0) is 19.0. The molecule has 8 heteroatoms. The predicted molar refractivity (Wildman–Crippen MR) is 104 cm³/mol. The molecule has 7 nitrogen and oxygen atoms in total. The fourth-order valence-corrected chi connectivity index (χ4v) is 2.93. The number of hydrogen-bond donors (Lipinski definition) is 3. The van der Waals surface area contributed by atoms with Gasteiger partial charge in [0.1, 0.15) is 0 Å². The molecule has 0 saturated heterocycles. The number of rotatable bonds is 3. The number of H-pyrrole nitrogens is 2. The number of nitrogens with zero attached hydrogens (tertiary/aromatic N) is 1. The highest BCUT2D eigenvalue weighted by Crippen LogP contribution is 2.22. The number of amides is 1. The maximum atomic E-state index is 12.5. The number of fused-ring (bicyclic) bond motifs is 1. The van der Waals surface area contributed by atoms with Crippen molar-refractivity contribution in [2.24, 2.45) is 0 Å². The van der Waals surface area contributed by atoms with Gasteiger partial charge in [-0.2, -0.15) is 0 Å². The Labute approximate surface area is 158 Å². The second kappa shape index (κ2) is 6.65. The molecular weight excluding hydrogens is 364 g/mol. The van der Waals surface area contributed by atoms with E-state index in [0.717, 1.165) is 5.56 Å². The molecule has 0 saturated carbocycles. The lowest BCUT2D eigenvalue weighted by atomic mass is 10.1. The van der Waals surface area contributed by atoms with E-state index >= 15 is 0 Å². The molecule has 2 heterocycles. The van der Waals surface area contributed by atoms with Gasteiger partial charge < -0.3 is 14.7 Å². The van der Waals surface area contributed by atoms with Gasteiger partial charge in [0.05, 0.1) is 17.1 Å². The Morgan fingerprint density at radius 1 is 1.15 bits per heavy atom. The zero-order valence-electron chi connectivity index (χ0n) is 14.2. The van der Waals surface area contributed by atoms with E-state index in [-0.39, 0.29) is 16.2 Å². The molecule has 0 bridgehead atoms. The largest absolute Gasteiger partial charge is 0.441 e. The molecule has 0 aliphatic rings. The molecule has 0 atom stereocenters. The Hall–Kier alpha value is -3.52. The lowest BCUT2D eigenvalue weighted by molar-refractivity contribution is 0.102. The first-order chi connectivity index (χ1) is 13.0. The average molecular weight is 378 g/mol. The molecule has 27 heavy (non-hydrogen) atoms. The summed E-state index contributed by atoms with van der Waals surface area (Å²) in [6.45, 7) is 1.78. The van der Waals surface area contributed by atoms with Crippen molar-refractivity contribution in [2.45, 2.75) is 6.92 Å². The number of carbonyl (C=O) groups excluding carboxylic acids is 1. The molecular formula is C19H14N4O3S. The van der Waals surface area contributed by atoms with E-state index < -0.39 is 0 Å². The number of hydrogen-bond acceptors (Lipinski definition) is 5. The van der Waals surface area contributed by atoms with Gasteiger partial charge in [-0.25, -0.2) is 4.98 Å². The first-order valence-electron chi connectivity index (χ1n) is 8.10. The highest BCUT2D eigenvalue weighted by Gasteiger charge is 2.10. The SMILES string of the molecule is Cc1ncc(-c2ccc(NC(=O)c3ccc4c(=O)[nH]c(=S)[nH]c4c3)cc2)o1. The predicted octanol–water partition coefficient (Wildman–Crippen LogP) is 3.80. The first kappa shape index (κ1) is 16.9. The molecule has 0 fully saturated rings. The Kier molecular flexibility index (Phi) is 4.17. The quantitative estimate of drug-likeness (QED) is 0.471. The molecule has 0 unspecified atom stereocenters. The van der Waals surface area contributed by atoms with Gasteiger partial charge >= 0.3 is 0 Å². The minimum atomic E-state index is -0.293. The van der Waals surface area contributed by atoms with Crippen molar-refractivity contribution in [3.8, 4) is 11.3 Å². The lowest BCUT2D eigenvalue weighted by Gasteiger charge is -2.07. The number of aromatic nitrogens is 3. The Bertz CT molecular complexity index is 1270. The van der Waals surface area contributed by atoms with Gasteiger partial charge in [-0.05, 0) is 54.7 Å². The van der Waals surface area contributed by atoms with Crippen LogP contribution in [0.2, 0.25) is 0 Å². The van der Waals surface area contributed by atoms with Gasteiger partial charge in [-0.15, -0.1) is 0 Å². The van der Waals surface area contributed by atoms with Gasteiger partial charge in [0.2, 0.25) is 0 Å². The van der Waals surface area contributed by atoms with E-state index in [0.29, 0.717) is 33.8 Å². The number of aromatic amines is 2. The number of nitrogens with one attached hydrogen (secondary N) is 3. The number of anilines is 1. The molecule has 3 N–H and O–H groups in total. The normalized spacial score (nSPS) is 10.9. The summed E-state index contributed by atoms with van der Waals surface area (Å²) in [5, 5.41) is 3.26. The second-order valence-corrected chi connectivity index (χ2v) is 6.35. The third-order valence-corrected chi connectivity index (χ3v) is 4.25. The molecule has 0 spiro atoms. The molecule has 4 rings (SSSR count). The Morgan fingerprint density at radius 3 is 2.63 bits per heavy atom. The van der Waals surface area contributed by atoms with Crippen LogP contribution >= 0.6 is 12.2 Å². The number of oxazole rings is 1. The zero-order valence-corrected chi connectivity index (χ0v) is 15.0. The number of carbonyl (C=O) groups is 1. The van der Waals surface area contributed by atoms with Crippen LogP contribution in [0.15, 0.2) is 57.9 Å². The molecule has 2 aromatic carbocycles. The molecule has 0 aliphatic heterocycles. The number of aryl methyl sites for hydroxylation is 1. The minimum absolute atomic E-state index is 0.211. The van der Waals surface area contributed by atoms with Crippen LogP contribution in [0.4, 0.5) is 5.69 Å². The van der Waals surface area contributed by atoms with E-state index in [1.54, 1.807) is 43.5 Å². The Morgan fingerprint density at radius 2 is 1.93 bits per heavy atom. The van der Waals surface area contributed by atoms with Crippen molar-refractivity contribution in [1.82, 2.24) is 15.0 Å². The summed E-state index contributed by atoms with van der Waals surface area (Å²) in [5.41, 5.74) is 2.13. The standard InChI is InChI=1S/C19H14N4O3S/c1-10-20-9-16(26-10)11-2-5-13(6-3-11)21-17(24)12-4-7-14-15(8-12)22-19(27)23-18(14)25/h2-9H,1H3,(H,21,24)(H2,22,23,25,27). The van der Waals surface area contributed by atoms with Crippen LogP contribution in [0.5, 0.6) is 0 Å². The van der Waals surface area contributed by atoms with Crippen molar-refractivity contribution < 1.29 is 9.21 Å².